The van der Waals surface area contributed by atoms with Crippen molar-refractivity contribution in [1.29, 1.82) is 0 Å². The summed E-state index contributed by atoms with van der Waals surface area (Å²) in [5.74, 6) is 2.55. The molecular weight excluding hydrogens is 613 g/mol. The van der Waals surface area contributed by atoms with Crippen LogP contribution in [0.15, 0.2) is 90.1 Å². The molecule has 4 heterocycles. The first-order valence-corrected chi connectivity index (χ1v) is 16.9. The molecule has 0 unspecified atom stereocenters. The molecule has 4 aromatic rings. The lowest BCUT2D eigenvalue weighted by Gasteiger charge is -2.45. The summed E-state index contributed by atoms with van der Waals surface area (Å²) in [6.45, 7) is 1.97. The molecule has 7 rings (SSSR count). The van der Waals surface area contributed by atoms with Gasteiger partial charge >= 0.3 is 0 Å². The molecule has 3 fully saturated rings. The first kappa shape index (κ1) is 32.0. The normalized spacial score (nSPS) is 17.3. The van der Waals surface area contributed by atoms with Crippen molar-refractivity contribution in [3.8, 4) is 11.5 Å². The summed E-state index contributed by atoms with van der Waals surface area (Å²) in [5.41, 5.74) is 2.52. The minimum Gasteiger partial charge on any atom is -0.457 e. The maximum Gasteiger partial charge on any atom is 0.269 e. The van der Waals surface area contributed by atoms with Crippen LogP contribution >= 0.6 is 11.8 Å². The van der Waals surface area contributed by atoms with E-state index in [1.54, 1.807) is 31.5 Å². The minimum atomic E-state index is -0.284. The van der Waals surface area contributed by atoms with E-state index in [2.05, 4.69) is 36.1 Å². The van der Waals surface area contributed by atoms with E-state index in [0.29, 0.717) is 35.0 Å². The Hall–Kier alpha value is -4.94. The number of piperidine rings is 2. The van der Waals surface area contributed by atoms with Gasteiger partial charge in [0.05, 0.1) is 4.90 Å². The van der Waals surface area contributed by atoms with Gasteiger partial charge in [0.15, 0.2) is 0 Å². The van der Waals surface area contributed by atoms with Crippen LogP contribution in [0, 0.1) is 5.92 Å². The standard InChI is InChI=1S/C35H38N8O3S/c1-36-34(45)30-20-29(16-17-37-30)46-28-14-10-24(11-15-28)41-35-38-21-31(47-2)33(42-35)40-26-6-3-5-25(19-26)39-32(44)7-4-18-43-22-23-8-12-27(43)13-9-23/h3-7,10-11,14-17,19-21,23,27H,8-9,12-13,18,22H2,1-2H3,(H,36,45)(H,39,44)(H2,38,40,41,42)/b7-4+. The Balaban J connectivity index is 1.05. The van der Waals surface area contributed by atoms with Gasteiger partial charge in [-0.2, -0.15) is 4.98 Å². The van der Waals surface area contributed by atoms with Gasteiger partial charge in [-0.1, -0.05) is 12.1 Å². The molecule has 0 atom stereocenters. The van der Waals surface area contributed by atoms with Crippen LogP contribution in [0.2, 0.25) is 0 Å². The highest BCUT2D eigenvalue weighted by Gasteiger charge is 2.32. The number of carbonyl (C=O) groups excluding carboxylic acids is 2. The number of aromatic nitrogens is 3. The van der Waals surface area contributed by atoms with E-state index in [4.69, 9.17) is 9.72 Å². The smallest absolute Gasteiger partial charge is 0.269 e. The first-order valence-electron chi connectivity index (χ1n) is 15.7. The van der Waals surface area contributed by atoms with Gasteiger partial charge in [0.25, 0.3) is 5.91 Å². The summed E-state index contributed by atoms with van der Waals surface area (Å²) in [7, 11) is 1.55. The van der Waals surface area contributed by atoms with E-state index in [0.717, 1.165) is 35.3 Å². The molecule has 2 amide bonds. The fourth-order valence-corrected chi connectivity index (χ4v) is 6.40. The molecule has 0 radical (unpaired) electrons. The number of anilines is 5. The molecule has 12 heteroatoms. The number of carbonyl (C=O) groups is 2. The second kappa shape index (κ2) is 15.1. The number of rotatable bonds is 12. The van der Waals surface area contributed by atoms with E-state index >= 15 is 0 Å². The fourth-order valence-electron chi connectivity index (χ4n) is 5.96. The average molecular weight is 651 g/mol. The van der Waals surface area contributed by atoms with E-state index in [1.165, 1.54) is 43.6 Å². The number of amides is 2. The monoisotopic (exact) mass is 650 g/mol. The number of hydrogen-bond acceptors (Lipinski definition) is 10. The Morgan fingerprint density at radius 2 is 1.77 bits per heavy atom. The van der Waals surface area contributed by atoms with E-state index < -0.39 is 0 Å². The maximum absolute atomic E-state index is 12.7. The SMILES string of the molecule is CNC(=O)c1cc(Oc2ccc(Nc3ncc(SC)c(Nc4cccc(NC(=O)/C=C/CN5CC6CCC5CC6)c4)n3)cc2)ccn1. The van der Waals surface area contributed by atoms with Crippen molar-refractivity contribution in [2.75, 3.05) is 42.3 Å². The molecule has 2 aliphatic heterocycles. The highest BCUT2D eigenvalue weighted by Crippen LogP contribution is 2.34. The van der Waals surface area contributed by atoms with E-state index in [9.17, 15) is 9.59 Å². The number of pyridine rings is 1. The second-order valence-electron chi connectivity index (χ2n) is 11.5. The molecule has 4 N–H and O–H groups in total. The summed E-state index contributed by atoms with van der Waals surface area (Å²) < 4.78 is 5.90. The molecule has 2 bridgehead atoms. The van der Waals surface area contributed by atoms with E-state index in [-0.39, 0.29) is 17.5 Å². The van der Waals surface area contributed by atoms with Crippen LogP contribution in [0.25, 0.3) is 0 Å². The van der Waals surface area contributed by atoms with Crippen LogP contribution < -0.4 is 26.0 Å². The zero-order valence-corrected chi connectivity index (χ0v) is 27.2. The number of thioether (sulfide) groups is 1. The molecule has 2 aromatic heterocycles. The number of hydrogen-bond donors (Lipinski definition) is 4. The Morgan fingerprint density at radius 3 is 2.51 bits per heavy atom. The highest BCUT2D eigenvalue weighted by atomic mass is 32.2. The zero-order valence-electron chi connectivity index (χ0n) is 26.4. The second-order valence-corrected chi connectivity index (χ2v) is 12.4. The van der Waals surface area contributed by atoms with Gasteiger partial charge in [-0.15, -0.1) is 11.8 Å². The maximum atomic E-state index is 12.7. The van der Waals surface area contributed by atoms with Crippen LogP contribution in [-0.4, -0.2) is 64.1 Å². The summed E-state index contributed by atoms with van der Waals surface area (Å²) in [6.07, 6.45) is 14.1. The van der Waals surface area contributed by atoms with Gasteiger partial charge in [-0.25, -0.2) is 4.98 Å². The van der Waals surface area contributed by atoms with Crippen molar-refractivity contribution < 1.29 is 14.3 Å². The summed E-state index contributed by atoms with van der Waals surface area (Å²) in [5, 5.41) is 12.1. The van der Waals surface area contributed by atoms with Crippen molar-refractivity contribution in [3.63, 3.8) is 0 Å². The third kappa shape index (κ3) is 8.46. The number of ether oxygens (including phenoxy) is 1. The lowest BCUT2D eigenvalue weighted by Crippen LogP contribution is -2.47. The van der Waals surface area contributed by atoms with Gasteiger partial charge < -0.3 is 26.0 Å². The van der Waals surface area contributed by atoms with Gasteiger partial charge in [0.2, 0.25) is 11.9 Å². The van der Waals surface area contributed by atoms with Crippen LogP contribution in [0.5, 0.6) is 11.5 Å². The highest BCUT2D eigenvalue weighted by molar-refractivity contribution is 7.98. The average Bonchev–Trinajstić information content (AvgIpc) is 3.10. The van der Waals surface area contributed by atoms with Crippen molar-refractivity contribution in [2.24, 2.45) is 5.92 Å². The van der Waals surface area contributed by atoms with Crippen LogP contribution in [0.4, 0.5) is 28.8 Å². The predicted molar refractivity (Wildman–Crippen MR) is 186 cm³/mol. The van der Waals surface area contributed by atoms with Crippen molar-refractivity contribution in [2.45, 2.75) is 36.6 Å². The Bertz CT molecular complexity index is 1740. The van der Waals surface area contributed by atoms with Crippen molar-refractivity contribution in [3.05, 3.63) is 90.9 Å². The topological polar surface area (TPSA) is 133 Å². The lowest BCUT2D eigenvalue weighted by molar-refractivity contribution is -0.111. The van der Waals surface area contributed by atoms with Gasteiger partial charge in [-0.05, 0) is 86.4 Å². The van der Waals surface area contributed by atoms with Crippen LogP contribution in [-0.2, 0) is 4.79 Å². The number of fused-ring (bicyclic) bond motifs is 3. The first-order chi connectivity index (χ1) is 22.9. The minimum absolute atomic E-state index is 0.145. The van der Waals surface area contributed by atoms with Gasteiger partial charge in [-0.3, -0.25) is 19.5 Å². The molecule has 0 spiro atoms. The number of nitrogens with zero attached hydrogens (tertiary/aromatic N) is 4. The number of nitrogens with one attached hydrogen (secondary N) is 4. The molecule has 47 heavy (non-hydrogen) atoms. The van der Waals surface area contributed by atoms with Crippen LogP contribution in [0.1, 0.15) is 36.2 Å². The quantitative estimate of drug-likeness (QED) is 0.0982. The van der Waals surface area contributed by atoms with Crippen LogP contribution in [0.3, 0.4) is 0 Å². The molecule has 242 valence electrons. The summed E-state index contributed by atoms with van der Waals surface area (Å²) >= 11 is 1.53. The fraction of sp³-hybridized carbons (Fsp3) is 0.286. The Labute approximate surface area is 278 Å². The summed E-state index contributed by atoms with van der Waals surface area (Å²) in [4.78, 5) is 41.2. The number of benzene rings is 2. The van der Waals surface area contributed by atoms with Gasteiger partial charge in [0, 0.05) is 67.8 Å². The van der Waals surface area contributed by atoms with Gasteiger partial charge in [0.1, 0.15) is 23.0 Å². The Kier molecular flexibility index (Phi) is 10.3. The lowest BCUT2D eigenvalue weighted by atomic mass is 9.80. The molecule has 1 saturated carbocycles. The van der Waals surface area contributed by atoms with Crippen molar-refractivity contribution in [1.82, 2.24) is 25.2 Å². The Morgan fingerprint density at radius 1 is 0.957 bits per heavy atom. The van der Waals surface area contributed by atoms with Crippen molar-refractivity contribution >= 4 is 52.4 Å². The third-order valence-corrected chi connectivity index (χ3v) is 9.08. The predicted octanol–water partition coefficient (Wildman–Crippen LogP) is 6.60. The molecule has 11 nitrogen and oxygen atoms in total. The largest absolute Gasteiger partial charge is 0.457 e. The third-order valence-electron chi connectivity index (χ3n) is 8.34. The molecule has 2 saturated heterocycles. The van der Waals surface area contributed by atoms with E-state index in [1.807, 2.05) is 60.9 Å². The molecular formula is C35H38N8O3S. The molecule has 3 aliphatic rings. The molecule has 2 aromatic carbocycles. The molecule has 1 aliphatic carbocycles. The zero-order chi connectivity index (χ0) is 32.6. The summed E-state index contributed by atoms with van der Waals surface area (Å²) in [6, 6.07) is 18.8.